The van der Waals surface area contributed by atoms with E-state index < -0.39 is 0 Å². The number of ether oxygens (including phenoxy) is 2. The largest absolute Gasteiger partial charge is 0.493 e. The number of rotatable bonds is 7. The van der Waals surface area contributed by atoms with Gasteiger partial charge in [0.2, 0.25) is 0 Å². The van der Waals surface area contributed by atoms with Gasteiger partial charge in [-0.05, 0) is 55.2 Å². The minimum Gasteiger partial charge on any atom is -0.493 e. The Morgan fingerprint density at radius 3 is 2.47 bits per heavy atom. The molecule has 1 aliphatic rings. The fraction of sp³-hybridized carbons (Fsp3) is 0.435. The Kier molecular flexibility index (Phi) is 9.55. The average Bonchev–Trinajstić information content (AvgIpc) is 3.31. The van der Waals surface area contributed by atoms with Gasteiger partial charge < -0.3 is 25.0 Å². The molecule has 6 nitrogen and oxygen atoms in total. The summed E-state index contributed by atoms with van der Waals surface area (Å²) in [5.74, 6) is 2.21. The molecule has 7 heteroatoms. The molecule has 0 bridgehead atoms. The van der Waals surface area contributed by atoms with Crippen molar-refractivity contribution in [2.75, 3.05) is 39.3 Å². The highest BCUT2D eigenvalue weighted by molar-refractivity contribution is 14.0. The van der Waals surface area contributed by atoms with E-state index in [2.05, 4.69) is 51.7 Å². The van der Waals surface area contributed by atoms with Gasteiger partial charge in [0.25, 0.3) is 0 Å². The minimum absolute atomic E-state index is 0. The smallest absolute Gasteiger partial charge is 0.191 e. The van der Waals surface area contributed by atoms with Gasteiger partial charge in [-0.2, -0.15) is 0 Å². The van der Waals surface area contributed by atoms with E-state index in [1.807, 2.05) is 18.2 Å². The SMILES string of the molecule is CN=C(NCc1ccc(OC)c(OC)c1)NC(C)c1cccc(N2CCCC2)c1.I. The molecule has 2 aromatic carbocycles. The molecule has 0 radical (unpaired) electrons. The summed E-state index contributed by atoms with van der Waals surface area (Å²) in [7, 11) is 5.08. The Morgan fingerprint density at radius 2 is 1.80 bits per heavy atom. The molecule has 1 saturated heterocycles. The first-order valence-electron chi connectivity index (χ1n) is 10.2. The van der Waals surface area contributed by atoms with Crippen molar-refractivity contribution in [2.24, 2.45) is 4.99 Å². The summed E-state index contributed by atoms with van der Waals surface area (Å²) in [6.07, 6.45) is 2.56. The lowest BCUT2D eigenvalue weighted by Crippen LogP contribution is -2.38. The maximum absolute atomic E-state index is 5.38. The molecule has 1 atom stereocenters. The minimum atomic E-state index is 0. The molecule has 1 fully saturated rings. The molecule has 164 valence electrons. The van der Waals surface area contributed by atoms with Gasteiger partial charge in [0.15, 0.2) is 17.5 Å². The molecule has 2 aromatic rings. The van der Waals surface area contributed by atoms with E-state index in [0.29, 0.717) is 6.54 Å². The van der Waals surface area contributed by atoms with Gasteiger partial charge in [0.05, 0.1) is 20.3 Å². The molecule has 0 aliphatic carbocycles. The summed E-state index contributed by atoms with van der Waals surface area (Å²) < 4.78 is 10.7. The van der Waals surface area contributed by atoms with E-state index >= 15 is 0 Å². The summed E-state index contributed by atoms with van der Waals surface area (Å²) >= 11 is 0. The lowest BCUT2D eigenvalue weighted by Gasteiger charge is -2.22. The Hall–Kier alpha value is -2.16. The number of hydrogen-bond donors (Lipinski definition) is 2. The molecule has 1 aliphatic heterocycles. The topological polar surface area (TPSA) is 58.1 Å². The van der Waals surface area contributed by atoms with Crippen molar-refractivity contribution >= 4 is 35.6 Å². The second kappa shape index (κ2) is 11.9. The third kappa shape index (κ3) is 6.17. The van der Waals surface area contributed by atoms with Crippen molar-refractivity contribution in [3.8, 4) is 11.5 Å². The normalized spacial score (nSPS) is 14.7. The lowest BCUT2D eigenvalue weighted by atomic mass is 10.1. The molecule has 1 unspecified atom stereocenters. The van der Waals surface area contributed by atoms with Gasteiger partial charge in [-0.1, -0.05) is 18.2 Å². The maximum Gasteiger partial charge on any atom is 0.191 e. The molecule has 0 amide bonds. The molecule has 1 heterocycles. The zero-order chi connectivity index (χ0) is 20.6. The third-order valence-corrected chi connectivity index (χ3v) is 5.33. The van der Waals surface area contributed by atoms with Crippen LogP contribution in [0.25, 0.3) is 0 Å². The van der Waals surface area contributed by atoms with Gasteiger partial charge in [-0.25, -0.2) is 0 Å². The fourth-order valence-electron chi connectivity index (χ4n) is 3.63. The van der Waals surface area contributed by atoms with Crippen LogP contribution in [0.1, 0.15) is 36.9 Å². The first-order chi connectivity index (χ1) is 14.1. The molecule has 3 rings (SSSR count). The number of aliphatic imine (C=N–C) groups is 1. The molecular weight excluding hydrogens is 491 g/mol. The van der Waals surface area contributed by atoms with E-state index in [4.69, 9.17) is 9.47 Å². The van der Waals surface area contributed by atoms with E-state index in [9.17, 15) is 0 Å². The van der Waals surface area contributed by atoms with Gasteiger partial charge in [0, 0.05) is 32.4 Å². The zero-order valence-corrected chi connectivity index (χ0v) is 20.6. The highest BCUT2D eigenvalue weighted by atomic mass is 127. The van der Waals surface area contributed by atoms with Crippen molar-refractivity contribution in [1.82, 2.24) is 10.6 Å². The first kappa shape index (κ1) is 24.1. The average molecular weight is 524 g/mol. The van der Waals surface area contributed by atoms with Crippen LogP contribution in [0.15, 0.2) is 47.5 Å². The third-order valence-electron chi connectivity index (χ3n) is 5.33. The molecule has 0 aromatic heterocycles. The van der Waals surface area contributed by atoms with Crippen LogP contribution in [0.5, 0.6) is 11.5 Å². The van der Waals surface area contributed by atoms with E-state index in [-0.39, 0.29) is 30.0 Å². The predicted molar refractivity (Wildman–Crippen MR) is 135 cm³/mol. The van der Waals surface area contributed by atoms with Crippen LogP contribution < -0.4 is 25.0 Å². The number of methoxy groups -OCH3 is 2. The van der Waals surface area contributed by atoms with Crippen LogP contribution in [-0.2, 0) is 6.54 Å². The molecular formula is C23H33IN4O2. The van der Waals surface area contributed by atoms with Gasteiger partial charge in [-0.15, -0.1) is 24.0 Å². The van der Waals surface area contributed by atoms with E-state index in [1.165, 1.54) is 24.1 Å². The Balaban J connectivity index is 0.00000320. The van der Waals surface area contributed by atoms with Gasteiger partial charge in [-0.3, -0.25) is 4.99 Å². The Labute approximate surface area is 197 Å². The Bertz CT molecular complexity index is 838. The standard InChI is InChI=1S/C23H32N4O2.HI/c1-17(19-8-7-9-20(15-19)27-12-5-6-13-27)26-23(24-2)25-16-18-10-11-21(28-3)22(14-18)29-4;/h7-11,14-15,17H,5-6,12-13,16H2,1-4H3,(H2,24,25,26);1H. The molecule has 2 N–H and O–H groups in total. The summed E-state index contributed by atoms with van der Waals surface area (Å²) in [5.41, 5.74) is 3.65. The van der Waals surface area contributed by atoms with Crippen LogP contribution in [0.4, 0.5) is 5.69 Å². The monoisotopic (exact) mass is 524 g/mol. The van der Waals surface area contributed by atoms with Crippen LogP contribution in [0, 0.1) is 0 Å². The molecule has 30 heavy (non-hydrogen) atoms. The predicted octanol–water partition coefficient (Wildman–Crippen LogP) is 4.35. The van der Waals surface area contributed by atoms with Crippen LogP contribution in [0.3, 0.4) is 0 Å². The summed E-state index contributed by atoms with van der Waals surface area (Å²) in [6, 6.07) is 14.8. The maximum atomic E-state index is 5.38. The highest BCUT2D eigenvalue weighted by Gasteiger charge is 2.14. The van der Waals surface area contributed by atoms with E-state index in [0.717, 1.165) is 36.1 Å². The summed E-state index contributed by atoms with van der Waals surface area (Å²) in [5, 5.41) is 6.86. The summed E-state index contributed by atoms with van der Waals surface area (Å²) in [4.78, 5) is 6.83. The van der Waals surface area contributed by atoms with E-state index in [1.54, 1.807) is 21.3 Å². The first-order valence-corrected chi connectivity index (χ1v) is 10.2. The molecule has 0 saturated carbocycles. The van der Waals surface area contributed by atoms with Crippen molar-refractivity contribution in [3.63, 3.8) is 0 Å². The van der Waals surface area contributed by atoms with Crippen LogP contribution in [-0.4, -0.2) is 40.3 Å². The van der Waals surface area contributed by atoms with Crippen LogP contribution >= 0.6 is 24.0 Å². The zero-order valence-electron chi connectivity index (χ0n) is 18.3. The Morgan fingerprint density at radius 1 is 1.07 bits per heavy atom. The van der Waals surface area contributed by atoms with Gasteiger partial charge >= 0.3 is 0 Å². The number of hydrogen-bond acceptors (Lipinski definition) is 4. The van der Waals surface area contributed by atoms with Crippen molar-refractivity contribution in [3.05, 3.63) is 53.6 Å². The van der Waals surface area contributed by atoms with Crippen LogP contribution in [0.2, 0.25) is 0 Å². The second-order valence-electron chi connectivity index (χ2n) is 7.27. The van der Waals surface area contributed by atoms with Crippen molar-refractivity contribution < 1.29 is 9.47 Å². The number of halogens is 1. The lowest BCUT2D eigenvalue weighted by molar-refractivity contribution is 0.354. The number of anilines is 1. The number of nitrogens with zero attached hydrogens (tertiary/aromatic N) is 2. The summed E-state index contributed by atoms with van der Waals surface area (Å²) in [6.45, 7) is 5.10. The van der Waals surface area contributed by atoms with Crippen molar-refractivity contribution in [1.29, 1.82) is 0 Å². The fourth-order valence-corrected chi connectivity index (χ4v) is 3.63. The second-order valence-corrected chi connectivity index (χ2v) is 7.27. The van der Waals surface area contributed by atoms with Gasteiger partial charge in [0.1, 0.15) is 0 Å². The quantitative estimate of drug-likeness (QED) is 0.321. The highest BCUT2D eigenvalue weighted by Crippen LogP contribution is 2.27. The number of guanidine groups is 1. The molecule has 0 spiro atoms. The van der Waals surface area contributed by atoms with Crippen molar-refractivity contribution in [2.45, 2.75) is 32.4 Å². The number of nitrogens with one attached hydrogen (secondary N) is 2. The number of benzene rings is 2.